The molecule has 0 radical (unpaired) electrons. The fourth-order valence-electron chi connectivity index (χ4n) is 3.25. The summed E-state index contributed by atoms with van der Waals surface area (Å²) in [4.78, 5) is 38.5. The average molecular weight is 321 g/mol. The molecule has 0 saturated heterocycles. The van der Waals surface area contributed by atoms with Crippen LogP contribution in [0.3, 0.4) is 0 Å². The Kier molecular flexibility index (Phi) is 3.30. The highest BCUT2D eigenvalue weighted by Gasteiger charge is 2.36. The van der Waals surface area contributed by atoms with Gasteiger partial charge < -0.3 is 15.5 Å². The van der Waals surface area contributed by atoms with E-state index in [1.807, 2.05) is 24.3 Å². The molecule has 2 aliphatic heterocycles. The van der Waals surface area contributed by atoms with Crippen molar-refractivity contribution in [1.82, 2.24) is 0 Å². The third-order valence-corrected chi connectivity index (χ3v) is 4.33. The van der Waals surface area contributed by atoms with Crippen molar-refractivity contribution in [3.63, 3.8) is 0 Å². The maximum absolute atomic E-state index is 13.1. The third kappa shape index (κ3) is 2.32. The second kappa shape index (κ2) is 5.49. The van der Waals surface area contributed by atoms with E-state index >= 15 is 0 Å². The van der Waals surface area contributed by atoms with Gasteiger partial charge >= 0.3 is 0 Å². The molecule has 0 spiro atoms. The molecule has 1 atom stereocenters. The third-order valence-electron chi connectivity index (χ3n) is 4.33. The summed E-state index contributed by atoms with van der Waals surface area (Å²) in [5.74, 6) is -1.26. The maximum Gasteiger partial charge on any atom is 0.244 e. The van der Waals surface area contributed by atoms with Gasteiger partial charge in [-0.15, -0.1) is 0 Å². The van der Waals surface area contributed by atoms with Crippen LogP contribution in [-0.2, 0) is 14.4 Å². The normalized spacial score (nSPS) is 19.0. The first-order valence-electron chi connectivity index (χ1n) is 7.72. The van der Waals surface area contributed by atoms with Gasteiger partial charge in [0.05, 0.1) is 17.3 Å². The van der Waals surface area contributed by atoms with Gasteiger partial charge in [-0.05, 0) is 23.8 Å². The highest BCUT2D eigenvalue weighted by molar-refractivity contribution is 6.13. The van der Waals surface area contributed by atoms with Crippen molar-refractivity contribution in [2.45, 2.75) is 12.3 Å². The lowest BCUT2D eigenvalue weighted by atomic mass is 9.89. The van der Waals surface area contributed by atoms with E-state index < -0.39 is 5.92 Å². The summed E-state index contributed by atoms with van der Waals surface area (Å²) in [5, 5.41) is 5.55. The number of hydrogen-bond donors (Lipinski definition) is 2. The van der Waals surface area contributed by atoms with Crippen LogP contribution in [0.2, 0.25) is 0 Å². The Morgan fingerprint density at radius 3 is 2.42 bits per heavy atom. The molecule has 0 unspecified atom stereocenters. The molecule has 6 heteroatoms. The minimum absolute atomic E-state index is 0.0455. The van der Waals surface area contributed by atoms with Crippen molar-refractivity contribution in [3.8, 4) is 0 Å². The van der Waals surface area contributed by atoms with Crippen LogP contribution < -0.4 is 15.5 Å². The zero-order valence-corrected chi connectivity index (χ0v) is 12.8. The SMILES string of the molecule is O=C1C[C@H](C(=O)N2CC(=O)Nc3ccccc32)c2ccccc2N1. The molecule has 0 saturated carbocycles. The molecule has 0 fully saturated rings. The molecule has 2 heterocycles. The summed E-state index contributed by atoms with van der Waals surface area (Å²) in [6, 6.07) is 14.4. The van der Waals surface area contributed by atoms with Crippen LogP contribution in [-0.4, -0.2) is 24.3 Å². The van der Waals surface area contributed by atoms with E-state index in [0.717, 1.165) is 5.56 Å². The fourth-order valence-corrected chi connectivity index (χ4v) is 3.25. The van der Waals surface area contributed by atoms with Crippen LogP contribution in [0.1, 0.15) is 17.9 Å². The number of rotatable bonds is 1. The average Bonchev–Trinajstić information content (AvgIpc) is 2.59. The molecule has 0 aromatic heterocycles. The monoisotopic (exact) mass is 321 g/mol. The van der Waals surface area contributed by atoms with Crippen molar-refractivity contribution in [2.24, 2.45) is 0 Å². The number of nitrogens with zero attached hydrogens (tertiary/aromatic N) is 1. The second-order valence-electron chi connectivity index (χ2n) is 5.88. The number of para-hydroxylation sites is 3. The molecule has 4 rings (SSSR count). The number of amides is 3. The molecule has 2 N–H and O–H groups in total. The Morgan fingerprint density at radius 1 is 0.917 bits per heavy atom. The minimum atomic E-state index is -0.589. The number of fused-ring (bicyclic) bond motifs is 2. The van der Waals surface area contributed by atoms with Crippen molar-refractivity contribution in [2.75, 3.05) is 22.1 Å². The van der Waals surface area contributed by atoms with Crippen LogP contribution >= 0.6 is 0 Å². The van der Waals surface area contributed by atoms with Crippen LogP contribution in [0.25, 0.3) is 0 Å². The lowest BCUT2D eigenvalue weighted by Crippen LogP contribution is -2.45. The highest BCUT2D eigenvalue weighted by atomic mass is 16.2. The number of carbonyl (C=O) groups is 3. The van der Waals surface area contributed by atoms with E-state index in [2.05, 4.69) is 10.6 Å². The van der Waals surface area contributed by atoms with E-state index in [-0.39, 0.29) is 30.7 Å². The van der Waals surface area contributed by atoms with Crippen molar-refractivity contribution in [1.29, 1.82) is 0 Å². The van der Waals surface area contributed by atoms with E-state index in [4.69, 9.17) is 0 Å². The Bertz CT molecular complexity index is 793. The lowest BCUT2D eigenvalue weighted by Gasteiger charge is -2.33. The highest BCUT2D eigenvalue weighted by Crippen LogP contribution is 2.37. The zero-order valence-electron chi connectivity index (χ0n) is 12.8. The first kappa shape index (κ1) is 14.4. The summed E-state index contributed by atoms with van der Waals surface area (Å²) in [5.41, 5.74) is 2.70. The number of carbonyl (C=O) groups excluding carboxylic acids is 3. The summed E-state index contributed by atoms with van der Waals surface area (Å²) in [6.45, 7) is -0.0455. The first-order chi connectivity index (χ1) is 11.6. The Hall–Kier alpha value is -3.15. The van der Waals surface area contributed by atoms with Crippen LogP contribution in [0.5, 0.6) is 0 Å². The summed E-state index contributed by atoms with van der Waals surface area (Å²) < 4.78 is 0. The smallest absolute Gasteiger partial charge is 0.244 e. The summed E-state index contributed by atoms with van der Waals surface area (Å²) >= 11 is 0. The van der Waals surface area contributed by atoms with Gasteiger partial charge in [-0.1, -0.05) is 30.3 Å². The standard InChI is InChI=1S/C18H15N3O3/c22-16-9-12(11-5-1-2-6-13(11)19-16)18(24)21-10-17(23)20-14-7-3-4-8-15(14)21/h1-8,12H,9-10H2,(H,19,22)(H,20,23)/t12-/m0/s1. The Balaban J connectivity index is 1.75. The number of nitrogens with one attached hydrogen (secondary N) is 2. The number of hydrogen-bond acceptors (Lipinski definition) is 3. The van der Waals surface area contributed by atoms with Gasteiger partial charge in [0.25, 0.3) is 0 Å². The van der Waals surface area contributed by atoms with Gasteiger partial charge in [-0.2, -0.15) is 0 Å². The van der Waals surface area contributed by atoms with Gasteiger partial charge in [0.2, 0.25) is 17.7 Å². The van der Waals surface area contributed by atoms with Gasteiger partial charge in [-0.25, -0.2) is 0 Å². The van der Waals surface area contributed by atoms with E-state index in [1.165, 1.54) is 4.90 Å². The molecule has 6 nitrogen and oxygen atoms in total. The molecule has 24 heavy (non-hydrogen) atoms. The van der Waals surface area contributed by atoms with Gasteiger partial charge in [0.15, 0.2) is 0 Å². The number of benzene rings is 2. The molecule has 0 bridgehead atoms. The summed E-state index contributed by atoms with van der Waals surface area (Å²) in [6.07, 6.45) is 0.0795. The predicted octanol–water partition coefficient (Wildman–Crippen LogP) is 2.10. The van der Waals surface area contributed by atoms with Crippen LogP contribution in [0.4, 0.5) is 17.1 Å². The largest absolute Gasteiger partial charge is 0.326 e. The Labute approximate surface area is 138 Å². The molecule has 2 aromatic carbocycles. The van der Waals surface area contributed by atoms with Crippen molar-refractivity contribution < 1.29 is 14.4 Å². The van der Waals surface area contributed by atoms with E-state index in [0.29, 0.717) is 17.1 Å². The molecular weight excluding hydrogens is 306 g/mol. The number of anilines is 3. The minimum Gasteiger partial charge on any atom is -0.326 e. The van der Waals surface area contributed by atoms with Gasteiger partial charge in [0.1, 0.15) is 6.54 Å². The second-order valence-corrected chi connectivity index (χ2v) is 5.88. The summed E-state index contributed by atoms with van der Waals surface area (Å²) in [7, 11) is 0. The van der Waals surface area contributed by atoms with Gasteiger partial charge in [0, 0.05) is 12.1 Å². The van der Waals surface area contributed by atoms with Crippen LogP contribution in [0, 0.1) is 0 Å². The quantitative estimate of drug-likeness (QED) is 0.844. The molecule has 2 aromatic rings. The molecule has 0 aliphatic carbocycles. The molecular formula is C18H15N3O3. The van der Waals surface area contributed by atoms with E-state index in [9.17, 15) is 14.4 Å². The molecule has 120 valence electrons. The topological polar surface area (TPSA) is 78.5 Å². The van der Waals surface area contributed by atoms with Crippen molar-refractivity contribution >= 4 is 34.8 Å². The Morgan fingerprint density at radius 2 is 1.58 bits per heavy atom. The van der Waals surface area contributed by atoms with E-state index in [1.54, 1.807) is 24.3 Å². The first-order valence-corrected chi connectivity index (χ1v) is 7.72. The van der Waals surface area contributed by atoms with Crippen LogP contribution in [0.15, 0.2) is 48.5 Å². The lowest BCUT2D eigenvalue weighted by molar-refractivity contribution is -0.125. The zero-order chi connectivity index (χ0) is 16.7. The molecule has 2 aliphatic rings. The van der Waals surface area contributed by atoms with Gasteiger partial charge in [-0.3, -0.25) is 14.4 Å². The maximum atomic E-state index is 13.1. The fraction of sp³-hybridized carbons (Fsp3) is 0.167. The molecule has 3 amide bonds. The predicted molar refractivity (Wildman–Crippen MR) is 89.9 cm³/mol. The van der Waals surface area contributed by atoms with Crippen molar-refractivity contribution in [3.05, 3.63) is 54.1 Å².